The molecule has 0 aromatic heterocycles. The van der Waals surface area contributed by atoms with Gasteiger partial charge in [-0.2, -0.15) is 0 Å². The number of rotatable bonds is 2. The van der Waals surface area contributed by atoms with Crippen LogP contribution in [0.1, 0.15) is 33.4 Å². The Morgan fingerprint density at radius 1 is 0.600 bits per heavy atom. The van der Waals surface area contributed by atoms with Gasteiger partial charge in [0, 0.05) is 22.3 Å². The topological polar surface area (TPSA) is 17.1 Å². The summed E-state index contributed by atoms with van der Waals surface area (Å²) in [5.41, 5.74) is 6.96. The van der Waals surface area contributed by atoms with E-state index in [1.54, 1.807) is 0 Å². The molecule has 0 N–H and O–H groups in total. The van der Waals surface area contributed by atoms with Crippen LogP contribution in [-0.2, 0) is 4.57 Å². The van der Waals surface area contributed by atoms with E-state index in [4.69, 9.17) is 0 Å². The third kappa shape index (κ3) is 2.69. The van der Waals surface area contributed by atoms with E-state index in [0.29, 0.717) is 0 Å². The number of aryl methyl sites for hydroxylation is 6. The Hall–Kier alpha value is -1.46. The SMILES string of the molecule is Cc1cc(C)c([P+](=O)c2c(C)cc(C)cc2C)c(C)c1. The number of benzene rings is 2. The molecule has 2 heteroatoms. The lowest BCUT2D eigenvalue weighted by Crippen LogP contribution is -2.17. The molecule has 2 aromatic rings. The van der Waals surface area contributed by atoms with E-state index in [0.717, 1.165) is 32.9 Å². The zero-order chi connectivity index (χ0) is 15.0. The Bertz CT molecular complexity index is 593. The summed E-state index contributed by atoms with van der Waals surface area (Å²) in [6.07, 6.45) is 0. The molecule has 0 spiro atoms. The lowest BCUT2D eigenvalue weighted by atomic mass is 10.1. The average Bonchev–Trinajstić information content (AvgIpc) is 2.25. The van der Waals surface area contributed by atoms with Crippen molar-refractivity contribution in [3.63, 3.8) is 0 Å². The van der Waals surface area contributed by atoms with Gasteiger partial charge in [0.1, 0.15) is 0 Å². The minimum absolute atomic E-state index is 1.00. The van der Waals surface area contributed by atoms with E-state index >= 15 is 0 Å². The van der Waals surface area contributed by atoms with Crippen LogP contribution in [0.5, 0.6) is 0 Å². The fourth-order valence-corrected chi connectivity index (χ4v) is 4.86. The van der Waals surface area contributed by atoms with Gasteiger partial charge in [-0.25, -0.2) is 0 Å². The van der Waals surface area contributed by atoms with E-state index in [2.05, 4.69) is 65.8 Å². The second-order valence-corrected chi connectivity index (χ2v) is 7.27. The van der Waals surface area contributed by atoms with Crippen molar-refractivity contribution in [3.05, 3.63) is 57.6 Å². The van der Waals surface area contributed by atoms with Crippen molar-refractivity contribution in [1.29, 1.82) is 0 Å². The van der Waals surface area contributed by atoms with Crippen LogP contribution < -0.4 is 10.6 Å². The van der Waals surface area contributed by atoms with Crippen LogP contribution in [0.4, 0.5) is 0 Å². The van der Waals surface area contributed by atoms with Gasteiger partial charge in [-0.15, -0.1) is 0 Å². The van der Waals surface area contributed by atoms with Gasteiger partial charge in [0.25, 0.3) is 0 Å². The molecule has 104 valence electrons. The molecule has 0 atom stereocenters. The second-order valence-electron chi connectivity index (χ2n) is 5.79. The van der Waals surface area contributed by atoms with Gasteiger partial charge in [0.2, 0.25) is 10.6 Å². The summed E-state index contributed by atoms with van der Waals surface area (Å²) in [6.45, 7) is 12.4. The van der Waals surface area contributed by atoms with Gasteiger partial charge in [-0.3, -0.25) is 0 Å². The lowest BCUT2D eigenvalue weighted by Gasteiger charge is -2.06. The molecular formula is C18H22OP+. The Kier molecular flexibility index (Phi) is 4.11. The summed E-state index contributed by atoms with van der Waals surface area (Å²) < 4.78 is 13.1. The Balaban J connectivity index is 2.64. The van der Waals surface area contributed by atoms with Crippen LogP contribution in [0.3, 0.4) is 0 Å². The van der Waals surface area contributed by atoms with E-state index in [1.165, 1.54) is 11.1 Å². The Labute approximate surface area is 122 Å². The van der Waals surface area contributed by atoms with Crippen molar-refractivity contribution in [2.45, 2.75) is 41.5 Å². The zero-order valence-electron chi connectivity index (χ0n) is 13.2. The molecule has 0 aliphatic rings. The lowest BCUT2D eigenvalue weighted by molar-refractivity contribution is 0.598. The average molecular weight is 285 g/mol. The molecule has 2 rings (SSSR count). The standard InChI is InChI=1S/C18H22OP/c1-11-7-13(3)17(14(4)8-11)20(19)18-15(5)9-12(2)10-16(18)6/h7-10H,1-6H3/q+1. The minimum atomic E-state index is -1.53. The third-order valence-corrected chi connectivity index (χ3v) is 5.90. The first kappa shape index (κ1) is 14.9. The summed E-state index contributed by atoms with van der Waals surface area (Å²) in [5.74, 6) is 0. The fourth-order valence-electron chi connectivity index (χ4n) is 3.10. The summed E-state index contributed by atoms with van der Waals surface area (Å²) in [5, 5.41) is 2.00. The highest BCUT2D eigenvalue weighted by Gasteiger charge is 2.31. The van der Waals surface area contributed by atoms with Crippen molar-refractivity contribution in [1.82, 2.24) is 0 Å². The molecule has 0 aliphatic heterocycles. The van der Waals surface area contributed by atoms with Crippen LogP contribution in [0.25, 0.3) is 0 Å². The van der Waals surface area contributed by atoms with Crippen LogP contribution in [0.15, 0.2) is 24.3 Å². The van der Waals surface area contributed by atoms with Gasteiger partial charge in [0.15, 0.2) is 0 Å². The van der Waals surface area contributed by atoms with Crippen molar-refractivity contribution in [2.24, 2.45) is 0 Å². The Morgan fingerprint density at radius 2 is 0.850 bits per heavy atom. The molecule has 2 aromatic carbocycles. The van der Waals surface area contributed by atoms with Crippen molar-refractivity contribution >= 4 is 18.4 Å². The highest BCUT2D eigenvalue weighted by Crippen LogP contribution is 2.28. The van der Waals surface area contributed by atoms with Crippen LogP contribution >= 0.6 is 7.80 Å². The molecule has 0 aliphatic carbocycles. The summed E-state index contributed by atoms with van der Waals surface area (Å²) in [7, 11) is -1.53. The highest BCUT2D eigenvalue weighted by molar-refractivity contribution is 7.62. The van der Waals surface area contributed by atoms with Gasteiger partial charge >= 0.3 is 7.80 Å². The van der Waals surface area contributed by atoms with Crippen LogP contribution in [0, 0.1) is 41.5 Å². The summed E-state index contributed by atoms with van der Waals surface area (Å²) in [6, 6.07) is 8.48. The molecule has 0 fully saturated rings. The van der Waals surface area contributed by atoms with Crippen molar-refractivity contribution < 1.29 is 4.57 Å². The molecule has 0 bridgehead atoms. The van der Waals surface area contributed by atoms with Gasteiger partial charge in [-0.05, 0) is 41.5 Å². The van der Waals surface area contributed by atoms with Crippen molar-refractivity contribution in [3.8, 4) is 0 Å². The third-order valence-electron chi connectivity index (χ3n) is 3.68. The first-order valence-electron chi connectivity index (χ1n) is 6.94. The maximum atomic E-state index is 13.1. The van der Waals surface area contributed by atoms with Crippen molar-refractivity contribution in [2.75, 3.05) is 0 Å². The maximum Gasteiger partial charge on any atom is 0.416 e. The quantitative estimate of drug-likeness (QED) is 0.751. The monoisotopic (exact) mass is 285 g/mol. The number of hydrogen-bond acceptors (Lipinski definition) is 1. The van der Waals surface area contributed by atoms with Gasteiger partial charge in [0.05, 0.1) is 0 Å². The number of hydrogen-bond donors (Lipinski definition) is 0. The molecule has 1 nitrogen and oxygen atoms in total. The van der Waals surface area contributed by atoms with Crippen LogP contribution in [0.2, 0.25) is 0 Å². The molecule has 20 heavy (non-hydrogen) atoms. The molecule has 0 unspecified atom stereocenters. The predicted molar refractivity (Wildman–Crippen MR) is 88.2 cm³/mol. The smallest absolute Gasteiger partial charge is 0.0612 e. The molecular weight excluding hydrogens is 263 g/mol. The molecule has 0 saturated heterocycles. The first-order chi connectivity index (χ1) is 9.31. The highest BCUT2D eigenvalue weighted by atomic mass is 31.1. The maximum absolute atomic E-state index is 13.1. The molecule has 0 amide bonds. The normalized spacial score (nSPS) is 10.7. The van der Waals surface area contributed by atoms with E-state index in [9.17, 15) is 4.57 Å². The molecule has 0 heterocycles. The molecule has 0 radical (unpaired) electrons. The minimum Gasteiger partial charge on any atom is -0.0612 e. The van der Waals surface area contributed by atoms with E-state index in [1.807, 2.05) is 0 Å². The molecule has 0 saturated carbocycles. The fraction of sp³-hybridized carbons (Fsp3) is 0.333. The zero-order valence-corrected chi connectivity index (χ0v) is 14.1. The Morgan fingerprint density at radius 3 is 1.10 bits per heavy atom. The predicted octanol–water partition coefficient (Wildman–Crippen LogP) is 4.32. The largest absolute Gasteiger partial charge is 0.416 e. The summed E-state index contributed by atoms with van der Waals surface area (Å²) in [4.78, 5) is 0. The van der Waals surface area contributed by atoms with E-state index < -0.39 is 7.80 Å². The van der Waals surface area contributed by atoms with E-state index in [-0.39, 0.29) is 0 Å². The van der Waals surface area contributed by atoms with Gasteiger partial charge in [-0.1, -0.05) is 40.0 Å². The first-order valence-corrected chi connectivity index (χ1v) is 8.20. The summed E-state index contributed by atoms with van der Waals surface area (Å²) >= 11 is 0. The van der Waals surface area contributed by atoms with Gasteiger partial charge < -0.3 is 0 Å². The van der Waals surface area contributed by atoms with Crippen LogP contribution in [-0.4, -0.2) is 0 Å². The second kappa shape index (κ2) is 5.50.